The number of hydrogen-bond acceptors (Lipinski definition) is 6. The molecular weight excluding hydrogens is 344 g/mol. The summed E-state index contributed by atoms with van der Waals surface area (Å²) in [7, 11) is 0. The smallest absolute Gasteiger partial charge is 0.338 e. The summed E-state index contributed by atoms with van der Waals surface area (Å²) in [6.45, 7) is 3.85. The Morgan fingerprint density at radius 3 is 2.75 bits per heavy atom. The van der Waals surface area contributed by atoms with Gasteiger partial charge in [0, 0.05) is 4.90 Å². The van der Waals surface area contributed by atoms with Crippen LogP contribution < -0.4 is 0 Å². The number of thioether (sulfide) groups is 2. The van der Waals surface area contributed by atoms with Crippen LogP contribution in [0.1, 0.15) is 25.5 Å². The maximum atomic E-state index is 12.5. The summed E-state index contributed by atoms with van der Waals surface area (Å²) in [4.78, 5) is 32.1. The number of carbonyl (C=O) groups excluding carboxylic acids is 2. The van der Waals surface area contributed by atoms with Crippen LogP contribution in [-0.2, 0) is 14.3 Å². The Bertz CT molecular complexity index is 741. The molecule has 24 heavy (non-hydrogen) atoms. The normalized spacial score (nSPS) is 20.1. The third-order valence-corrected chi connectivity index (χ3v) is 5.59. The fourth-order valence-corrected chi connectivity index (χ4v) is 4.16. The minimum Gasteiger partial charge on any atom is -0.463 e. The zero-order valence-corrected chi connectivity index (χ0v) is 15.4. The Morgan fingerprint density at radius 2 is 2.12 bits per heavy atom. The van der Waals surface area contributed by atoms with E-state index in [0.717, 1.165) is 10.5 Å². The SMILES string of the molecule is CCOC(=O)C1=C(C)N=C2SCC(=O)N2C1c1ccc(SC)cc1. The molecule has 2 aliphatic rings. The summed E-state index contributed by atoms with van der Waals surface area (Å²) in [5.74, 6) is -0.102. The molecule has 0 aliphatic carbocycles. The third-order valence-electron chi connectivity index (χ3n) is 3.91. The molecule has 1 saturated heterocycles. The summed E-state index contributed by atoms with van der Waals surface area (Å²) < 4.78 is 5.22. The molecule has 5 nitrogen and oxygen atoms in total. The van der Waals surface area contributed by atoms with Crippen LogP contribution in [0.15, 0.2) is 45.4 Å². The van der Waals surface area contributed by atoms with Crippen LogP contribution >= 0.6 is 23.5 Å². The van der Waals surface area contributed by atoms with Crippen LogP contribution in [0.3, 0.4) is 0 Å². The molecule has 0 radical (unpaired) electrons. The number of ether oxygens (including phenoxy) is 1. The first-order chi connectivity index (χ1) is 11.6. The number of amides is 1. The molecule has 7 heteroatoms. The summed E-state index contributed by atoms with van der Waals surface area (Å²) >= 11 is 3.06. The first-order valence-electron chi connectivity index (χ1n) is 7.62. The van der Waals surface area contributed by atoms with Gasteiger partial charge >= 0.3 is 5.97 Å². The predicted molar refractivity (Wildman–Crippen MR) is 97.0 cm³/mol. The van der Waals surface area contributed by atoms with Gasteiger partial charge in [0.1, 0.15) is 0 Å². The van der Waals surface area contributed by atoms with Crippen molar-refractivity contribution in [2.75, 3.05) is 18.6 Å². The van der Waals surface area contributed by atoms with Crippen LogP contribution in [-0.4, -0.2) is 40.6 Å². The average Bonchev–Trinajstić information content (AvgIpc) is 2.94. The number of nitrogens with zero attached hydrogens (tertiary/aromatic N) is 2. The summed E-state index contributed by atoms with van der Waals surface area (Å²) in [5, 5.41) is 0.657. The molecule has 1 aromatic carbocycles. The number of aliphatic imine (C=N–C) groups is 1. The van der Waals surface area contributed by atoms with E-state index in [1.165, 1.54) is 11.8 Å². The van der Waals surface area contributed by atoms with Gasteiger partial charge in [-0.25, -0.2) is 9.79 Å². The maximum absolute atomic E-state index is 12.5. The van der Waals surface area contributed by atoms with E-state index in [1.807, 2.05) is 30.5 Å². The highest BCUT2D eigenvalue weighted by atomic mass is 32.2. The van der Waals surface area contributed by atoms with Crippen molar-refractivity contribution < 1.29 is 14.3 Å². The van der Waals surface area contributed by atoms with E-state index in [9.17, 15) is 9.59 Å². The second-order valence-electron chi connectivity index (χ2n) is 5.34. The van der Waals surface area contributed by atoms with E-state index >= 15 is 0 Å². The minimum absolute atomic E-state index is 0.0352. The summed E-state index contributed by atoms with van der Waals surface area (Å²) in [6.07, 6.45) is 2.01. The van der Waals surface area contributed by atoms with Crippen LogP contribution in [0, 0.1) is 0 Å². The first kappa shape index (κ1) is 17.1. The number of benzene rings is 1. The lowest BCUT2D eigenvalue weighted by Crippen LogP contribution is -2.39. The molecule has 2 aliphatic heterocycles. The predicted octanol–water partition coefficient (Wildman–Crippen LogP) is 3.23. The lowest BCUT2D eigenvalue weighted by molar-refractivity contribution is -0.139. The van der Waals surface area contributed by atoms with Crippen molar-refractivity contribution in [3.63, 3.8) is 0 Å². The van der Waals surface area contributed by atoms with Gasteiger partial charge in [0.05, 0.1) is 29.7 Å². The Morgan fingerprint density at radius 1 is 1.42 bits per heavy atom. The van der Waals surface area contributed by atoms with Gasteiger partial charge in [-0.3, -0.25) is 9.69 Å². The van der Waals surface area contributed by atoms with Gasteiger partial charge in [-0.1, -0.05) is 23.9 Å². The number of esters is 1. The third kappa shape index (κ3) is 2.98. The lowest BCUT2D eigenvalue weighted by atomic mass is 9.94. The van der Waals surface area contributed by atoms with Gasteiger partial charge in [-0.05, 0) is 37.8 Å². The van der Waals surface area contributed by atoms with Gasteiger partial charge in [0.25, 0.3) is 0 Å². The van der Waals surface area contributed by atoms with E-state index in [1.54, 1.807) is 30.5 Å². The maximum Gasteiger partial charge on any atom is 0.338 e. The van der Waals surface area contributed by atoms with E-state index < -0.39 is 12.0 Å². The number of allylic oxidation sites excluding steroid dienone is 1. The molecular formula is C17H18N2O3S2. The quantitative estimate of drug-likeness (QED) is 0.608. The molecule has 2 heterocycles. The zero-order valence-electron chi connectivity index (χ0n) is 13.7. The standard InChI is InChI=1S/C17H18N2O3S2/c1-4-22-16(21)14-10(2)18-17-19(13(20)9-24-17)15(14)11-5-7-12(23-3)8-6-11/h5-8,15H,4,9H2,1-3H3. The molecule has 1 aromatic rings. The lowest BCUT2D eigenvalue weighted by Gasteiger charge is -2.32. The number of rotatable bonds is 4. The Kier molecular flexibility index (Phi) is 5.01. The van der Waals surface area contributed by atoms with Gasteiger partial charge in [-0.2, -0.15) is 0 Å². The second kappa shape index (κ2) is 7.03. The van der Waals surface area contributed by atoms with Crippen LogP contribution in [0.25, 0.3) is 0 Å². The molecule has 1 atom stereocenters. The van der Waals surface area contributed by atoms with Gasteiger partial charge < -0.3 is 4.74 Å². The Hall–Kier alpha value is -1.73. The van der Waals surface area contributed by atoms with Crippen LogP contribution in [0.4, 0.5) is 0 Å². The van der Waals surface area contributed by atoms with Crippen LogP contribution in [0.5, 0.6) is 0 Å². The minimum atomic E-state index is -0.477. The molecule has 0 spiro atoms. The van der Waals surface area contributed by atoms with Gasteiger partial charge in [0.2, 0.25) is 5.91 Å². The largest absolute Gasteiger partial charge is 0.463 e. The zero-order chi connectivity index (χ0) is 17.3. The molecule has 0 aromatic heterocycles. The van der Waals surface area contributed by atoms with Crippen molar-refractivity contribution in [3.05, 3.63) is 41.1 Å². The first-order valence-corrected chi connectivity index (χ1v) is 9.83. The molecule has 0 bridgehead atoms. The fourth-order valence-electron chi connectivity index (χ4n) is 2.81. The number of carbonyl (C=O) groups is 2. The van der Waals surface area contributed by atoms with Gasteiger partial charge in [-0.15, -0.1) is 11.8 Å². The van der Waals surface area contributed by atoms with E-state index in [-0.39, 0.29) is 12.5 Å². The van der Waals surface area contributed by atoms with Crippen molar-refractivity contribution in [2.24, 2.45) is 4.99 Å². The Balaban J connectivity index is 2.10. The number of fused-ring (bicyclic) bond motifs is 1. The molecule has 1 amide bonds. The molecule has 0 N–H and O–H groups in total. The highest BCUT2D eigenvalue weighted by molar-refractivity contribution is 8.15. The average molecular weight is 362 g/mol. The van der Waals surface area contributed by atoms with Crippen molar-refractivity contribution in [3.8, 4) is 0 Å². The highest BCUT2D eigenvalue weighted by Gasteiger charge is 2.43. The second-order valence-corrected chi connectivity index (χ2v) is 7.16. The van der Waals surface area contributed by atoms with Crippen molar-refractivity contribution in [1.29, 1.82) is 0 Å². The number of amidine groups is 1. The van der Waals surface area contributed by atoms with Crippen molar-refractivity contribution in [2.45, 2.75) is 24.8 Å². The molecule has 1 unspecified atom stereocenters. The monoisotopic (exact) mass is 362 g/mol. The van der Waals surface area contributed by atoms with E-state index in [2.05, 4.69) is 4.99 Å². The van der Waals surface area contributed by atoms with Crippen molar-refractivity contribution >= 4 is 40.6 Å². The summed E-state index contributed by atoms with van der Waals surface area (Å²) in [5.41, 5.74) is 1.94. The fraction of sp³-hybridized carbons (Fsp3) is 0.353. The molecule has 126 valence electrons. The molecule has 0 saturated carbocycles. The van der Waals surface area contributed by atoms with E-state index in [4.69, 9.17) is 4.74 Å². The number of hydrogen-bond donors (Lipinski definition) is 0. The topological polar surface area (TPSA) is 59.0 Å². The molecule has 3 rings (SSSR count). The molecule has 1 fully saturated rings. The van der Waals surface area contributed by atoms with E-state index in [0.29, 0.717) is 22.2 Å². The van der Waals surface area contributed by atoms with Gasteiger partial charge in [0.15, 0.2) is 5.17 Å². The van der Waals surface area contributed by atoms with Crippen molar-refractivity contribution in [1.82, 2.24) is 4.90 Å². The highest BCUT2D eigenvalue weighted by Crippen LogP contribution is 2.41. The van der Waals surface area contributed by atoms with Crippen LogP contribution in [0.2, 0.25) is 0 Å². The Labute approximate surface area is 149 Å². The summed E-state index contributed by atoms with van der Waals surface area (Å²) in [6, 6.07) is 7.44.